The lowest BCUT2D eigenvalue weighted by molar-refractivity contribution is 0.0698. The summed E-state index contributed by atoms with van der Waals surface area (Å²) in [5.41, 5.74) is 0. The summed E-state index contributed by atoms with van der Waals surface area (Å²) in [6.07, 6.45) is 2.90. The molecule has 1 unspecified atom stereocenters. The largest absolute Gasteiger partial charge is 0.371 e. The molecule has 0 bridgehead atoms. The highest BCUT2D eigenvalue weighted by Gasteiger charge is 2.05. The zero-order chi connectivity index (χ0) is 8.10. The van der Waals surface area contributed by atoms with E-state index in [1.165, 1.54) is 12.7 Å². The van der Waals surface area contributed by atoms with Crippen LogP contribution in [0.4, 0.5) is 0 Å². The molecule has 0 aliphatic rings. The molecule has 0 fully saturated rings. The predicted octanol–water partition coefficient (Wildman–Crippen LogP) is 0.969. The number of hydrogen-bond donors (Lipinski definition) is 0. The zero-order valence-corrected chi connectivity index (χ0v) is 6.69. The summed E-state index contributed by atoms with van der Waals surface area (Å²) in [5, 5.41) is 0. The van der Waals surface area contributed by atoms with Crippen molar-refractivity contribution in [3.63, 3.8) is 0 Å². The van der Waals surface area contributed by atoms with Crippen molar-refractivity contribution >= 4 is 0 Å². The van der Waals surface area contributed by atoms with Gasteiger partial charge in [-0.3, -0.25) is 0 Å². The van der Waals surface area contributed by atoms with Gasteiger partial charge in [0.25, 0.3) is 0 Å². The van der Waals surface area contributed by atoms with Crippen LogP contribution in [0.1, 0.15) is 25.8 Å². The van der Waals surface area contributed by atoms with Gasteiger partial charge in [0.05, 0.1) is 0 Å². The van der Waals surface area contributed by atoms with Gasteiger partial charge in [0, 0.05) is 6.61 Å². The molecule has 4 heteroatoms. The van der Waals surface area contributed by atoms with Crippen LogP contribution >= 0.6 is 0 Å². The molecular weight excluding hydrogens is 142 g/mol. The van der Waals surface area contributed by atoms with Crippen molar-refractivity contribution in [3.8, 4) is 0 Å². The summed E-state index contributed by atoms with van der Waals surface area (Å²) in [4.78, 5) is 11.6. The van der Waals surface area contributed by atoms with Gasteiger partial charge in [0.2, 0.25) is 0 Å². The molecule has 0 aliphatic heterocycles. The maximum Gasteiger partial charge on any atom is 0.160 e. The number of nitrogens with zero attached hydrogens (tertiary/aromatic N) is 3. The molecule has 0 N–H and O–H groups in total. The number of ether oxygens (including phenoxy) is 1. The predicted molar refractivity (Wildman–Crippen MR) is 39.9 cm³/mol. The molecule has 0 saturated heterocycles. The Kier molecular flexibility index (Phi) is 2.92. The molecule has 11 heavy (non-hydrogen) atoms. The van der Waals surface area contributed by atoms with Crippen molar-refractivity contribution in [2.24, 2.45) is 0 Å². The van der Waals surface area contributed by atoms with Crippen LogP contribution in [0.3, 0.4) is 0 Å². The summed E-state index contributed by atoms with van der Waals surface area (Å²) in [5.74, 6) is 0.682. The molecule has 0 spiro atoms. The van der Waals surface area contributed by atoms with Gasteiger partial charge in [-0.25, -0.2) is 15.0 Å². The molecule has 1 aromatic rings. The van der Waals surface area contributed by atoms with E-state index in [2.05, 4.69) is 15.0 Å². The third-order valence-corrected chi connectivity index (χ3v) is 1.29. The Labute approximate surface area is 65.7 Å². The van der Waals surface area contributed by atoms with Gasteiger partial charge in [-0.1, -0.05) is 0 Å². The van der Waals surface area contributed by atoms with E-state index in [9.17, 15) is 0 Å². The first-order chi connectivity index (χ1) is 5.34. The van der Waals surface area contributed by atoms with Crippen molar-refractivity contribution in [2.45, 2.75) is 20.0 Å². The van der Waals surface area contributed by atoms with Gasteiger partial charge in [0.15, 0.2) is 5.82 Å². The van der Waals surface area contributed by atoms with Crippen LogP contribution in [-0.2, 0) is 4.74 Å². The highest BCUT2D eigenvalue weighted by atomic mass is 16.5. The van der Waals surface area contributed by atoms with Gasteiger partial charge in [-0.15, -0.1) is 0 Å². The summed E-state index contributed by atoms with van der Waals surface area (Å²) in [7, 11) is 0. The summed E-state index contributed by atoms with van der Waals surface area (Å²) in [6, 6.07) is 0. The Morgan fingerprint density at radius 1 is 1.45 bits per heavy atom. The topological polar surface area (TPSA) is 47.9 Å². The normalized spacial score (nSPS) is 12.9. The van der Waals surface area contributed by atoms with Gasteiger partial charge >= 0.3 is 0 Å². The quantitative estimate of drug-likeness (QED) is 0.649. The van der Waals surface area contributed by atoms with E-state index in [-0.39, 0.29) is 6.10 Å². The Morgan fingerprint density at radius 3 is 2.64 bits per heavy atom. The Morgan fingerprint density at radius 2 is 2.09 bits per heavy atom. The van der Waals surface area contributed by atoms with Crippen LogP contribution in [0.15, 0.2) is 12.7 Å². The molecule has 0 radical (unpaired) electrons. The van der Waals surface area contributed by atoms with Crippen molar-refractivity contribution in [1.82, 2.24) is 15.0 Å². The van der Waals surface area contributed by atoms with Crippen molar-refractivity contribution in [2.75, 3.05) is 6.61 Å². The maximum atomic E-state index is 5.28. The number of rotatable bonds is 3. The van der Waals surface area contributed by atoms with E-state index in [0.717, 1.165) is 0 Å². The van der Waals surface area contributed by atoms with Gasteiger partial charge in [-0.05, 0) is 13.8 Å². The minimum atomic E-state index is -0.0389. The summed E-state index contributed by atoms with van der Waals surface area (Å²) < 4.78 is 5.28. The second kappa shape index (κ2) is 3.98. The molecule has 0 aromatic carbocycles. The molecule has 1 atom stereocenters. The zero-order valence-electron chi connectivity index (χ0n) is 6.69. The molecule has 0 aliphatic carbocycles. The minimum Gasteiger partial charge on any atom is -0.371 e. The Bertz CT molecular complexity index is 202. The fourth-order valence-corrected chi connectivity index (χ4v) is 0.783. The van der Waals surface area contributed by atoms with Crippen molar-refractivity contribution < 1.29 is 4.74 Å². The second-order valence-corrected chi connectivity index (χ2v) is 2.09. The average Bonchev–Trinajstić information content (AvgIpc) is 2.07. The molecular formula is C7H11N3O. The van der Waals surface area contributed by atoms with Gasteiger partial charge < -0.3 is 4.74 Å². The molecule has 1 aromatic heterocycles. The first-order valence-electron chi connectivity index (χ1n) is 3.58. The maximum absolute atomic E-state index is 5.28. The van der Waals surface area contributed by atoms with E-state index in [4.69, 9.17) is 4.74 Å². The third-order valence-electron chi connectivity index (χ3n) is 1.29. The fourth-order valence-electron chi connectivity index (χ4n) is 0.783. The van der Waals surface area contributed by atoms with Crippen LogP contribution in [-0.4, -0.2) is 21.6 Å². The molecule has 1 rings (SSSR count). The molecule has 0 saturated carbocycles. The van der Waals surface area contributed by atoms with Gasteiger partial charge in [-0.2, -0.15) is 0 Å². The van der Waals surface area contributed by atoms with Crippen LogP contribution < -0.4 is 0 Å². The van der Waals surface area contributed by atoms with E-state index in [0.29, 0.717) is 12.4 Å². The molecule has 0 amide bonds. The fraction of sp³-hybridized carbons (Fsp3) is 0.571. The van der Waals surface area contributed by atoms with Crippen molar-refractivity contribution in [1.29, 1.82) is 0 Å². The van der Waals surface area contributed by atoms with E-state index >= 15 is 0 Å². The van der Waals surface area contributed by atoms with Crippen molar-refractivity contribution in [3.05, 3.63) is 18.5 Å². The molecule has 1 heterocycles. The average molecular weight is 153 g/mol. The van der Waals surface area contributed by atoms with Crippen LogP contribution in [0.5, 0.6) is 0 Å². The van der Waals surface area contributed by atoms with E-state index in [1.807, 2.05) is 13.8 Å². The number of aromatic nitrogens is 3. The van der Waals surface area contributed by atoms with Crippen LogP contribution in [0.2, 0.25) is 0 Å². The lowest BCUT2D eigenvalue weighted by Gasteiger charge is -2.07. The summed E-state index contributed by atoms with van der Waals surface area (Å²) in [6.45, 7) is 4.53. The molecule has 60 valence electrons. The minimum absolute atomic E-state index is 0.0389. The summed E-state index contributed by atoms with van der Waals surface area (Å²) >= 11 is 0. The standard InChI is InChI=1S/C7H11N3O/c1-3-11-6(2)7-9-4-8-5-10-7/h4-6H,3H2,1-2H3. The number of hydrogen-bond acceptors (Lipinski definition) is 4. The lowest BCUT2D eigenvalue weighted by atomic mass is 10.4. The highest BCUT2D eigenvalue weighted by molar-refractivity contribution is 4.85. The first-order valence-corrected chi connectivity index (χ1v) is 3.58. The van der Waals surface area contributed by atoms with E-state index in [1.54, 1.807) is 0 Å². The third kappa shape index (κ3) is 2.23. The van der Waals surface area contributed by atoms with Crippen LogP contribution in [0, 0.1) is 0 Å². The Hall–Kier alpha value is -1.03. The SMILES string of the molecule is CCOC(C)c1ncncn1. The molecule has 4 nitrogen and oxygen atoms in total. The smallest absolute Gasteiger partial charge is 0.160 e. The van der Waals surface area contributed by atoms with E-state index < -0.39 is 0 Å². The van der Waals surface area contributed by atoms with Gasteiger partial charge in [0.1, 0.15) is 18.8 Å². The first kappa shape index (κ1) is 8.07. The Balaban J connectivity index is 2.61. The lowest BCUT2D eigenvalue weighted by Crippen LogP contribution is -2.04. The second-order valence-electron chi connectivity index (χ2n) is 2.09. The monoisotopic (exact) mass is 153 g/mol. The highest BCUT2D eigenvalue weighted by Crippen LogP contribution is 2.08. The van der Waals surface area contributed by atoms with Crippen LogP contribution in [0.25, 0.3) is 0 Å².